The molecule has 2 aromatic carbocycles. The molecule has 0 unspecified atom stereocenters. The second-order valence-corrected chi connectivity index (χ2v) is 7.63. The maximum atomic E-state index is 12.6. The van der Waals surface area contributed by atoms with Gasteiger partial charge in [0.05, 0.1) is 29.5 Å². The molecular formula is C19H14ClN3O4S. The lowest BCUT2D eigenvalue weighted by atomic mass is 10.2. The van der Waals surface area contributed by atoms with Crippen LogP contribution < -0.4 is 14.2 Å². The number of sulfonamides is 1. The monoisotopic (exact) mass is 415 g/mol. The number of rotatable bonds is 6. The number of hydrogen-bond acceptors (Lipinski definition) is 6. The molecule has 28 heavy (non-hydrogen) atoms. The van der Waals surface area contributed by atoms with Crippen molar-refractivity contribution >= 4 is 27.3 Å². The molecule has 7 nitrogen and oxygen atoms in total. The zero-order chi connectivity index (χ0) is 20.1. The van der Waals surface area contributed by atoms with Crippen LogP contribution in [0, 0.1) is 11.3 Å². The number of halogens is 1. The van der Waals surface area contributed by atoms with Gasteiger partial charge in [0.25, 0.3) is 10.0 Å². The third-order valence-electron chi connectivity index (χ3n) is 3.64. The number of benzene rings is 2. The molecule has 3 aromatic rings. The van der Waals surface area contributed by atoms with Crippen LogP contribution in [0.2, 0.25) is 5.02 Å². The number of nitrogens with zero attached hydrogens (tertiary/aromatic N) is 2. The lowest BCUT2D eigenvalue weighted by Gasteiger charge is -2.13. The third-order valence-corrected chi connectivity index (χ3v) is 5.26. The predicted molar refractivity (Wildman–Crippen MR) is 104 cm³/mol. The van der Waals surface area contributed by atoms with Crippen molar-refractivity contribution in [2.24, 2.45) is 0 Å². The quantitative estimate of drug-likeness (QED) is 0.647. The van der Waals surface area contributed by atoms with Crippen molar-refractivity contribution in [3.05, 3.63) is 71.5 Å². The van der Waals surface area contributed by atoms with Crippen LogP contribution in [0.3, 0.4) is 0 Å². The summed E-state index contributed by atoms with van der Waals surface area (Å²) in [6.45, 7) is 0. The Labute approximate surface area is 167 Å². The van der Waals surface area contributed by atoms with E-state index >= 15 is 0 Å². The molecule has 0 aliphatic heterocycles. The lowest BCUT2D eigenvalue weighted by Crippen LogP contribution is -2.13. The first-order valence-electron chi connectivity index (χ1n) is 7.91. The highest BCUT2D eigenvalue weighted by atomic mass is 35.5. The molecule has 0 aliphatic rings. The fraction of sp³-hybridized carbons (Fsp3) is 0.0526. The van der Waals surface area contributed by atoms with Gasteiger partial charge in [-0.25, -0.2) is 8.42 Å². The number of nitrogens with one attached hydrogen (secondary N) is 1. The van der Waals surface area contributed by atoms with Gasteiger partial charge in [0.1, 0.15) is 11.8 Å². The van der Waals surface area contributed by atoms with Gasteiger partial charge in [-0.2, -0.15) is 5.26 Å². The molecule has 9 heteroatoms. The Morgan fingerprint density at radius 1 is 1.11 bits per heavy atom. The van der Waals surface area contributed by atoms with Gasteiger partial charge >= 0.3 is 0 Å². The molecule has 0 fully saturated rings. The van der Waals surface area contributed by atoms with E-state index in [1.807, 2.05) is 6.07 Å². The van der Waals surface area contributed by atoms with Crippen molar-refractivity contribution < 1.29 is 17.9 Å². The number of nitriles is 1. The highest BCUT2D eigenvalue weighted by molar-refractivity contribution is 7.92. The van der Waals surface area contributed by atoms with E-state index < -0.39 is 10.0 Å². The van der Waals surface area contributed by atoms with E-state index in [1.165, 1.54) is 37.7 Å². The Morgan fingerprint density at radius 2 is 1.89 bits per heavy atom. The normalized spacial score (nSPS) is 10.8. The summed E-state index contributed by atoms with van der Waals surface area (Å²) in [5.74, 6) is 0.905. The number of aromatic nitrogens is 1. The lowest BCUT2D eigenvalue weighted by molar-refractivity contribution is 0.378. The summed E-state index contributed by atoms with van der Waals surface area (Å²) >= 11 is 5.93. The van der Waals surface area contributed by atoms with Crippen LogP contribution in [-0.2, 0) is 10.0 Å². The van der Waals surface area contributed by atoms with Crippen LogP contribution in [-0.4, -0.2) is 20.5 Å². The van der Waals surface area contributed by atoms with E-state index in [-0.39, 0.29) is 16.2 Å². The molecule has 1 N–H and O–H groups in total. The molecule has 0 aliphatic carbocycles. The van der Waals surface area contributed by atoms with Gasteiger partial charge in [0.2, 0.25) is 0 Å². The van der Waals surface area contributed by atoms with Crippen molar-refractivity contribution in [1.29, 1.82) is 5.26 Å². The molecule has 3 rings (SSSR count). The zero-order valence-corrected chi connectivity index (χ0v) is 16.2. The number of ether oxygens (including phenoxy) is 2. The first-order chi connectivity index (χ1) is 13.4. The van der Waals surface area contributed by atoms with E-state index in [1.54, 1.807) is 30.3 Å². The van der Waals surface area contributed by atoms with Crippen LogP contribution in [0.4, 0.5) is 5.69 Å². The molecule has 0 saturated heterocycles. The second kappa shape index (κ2) is 8.17. The molecule has 0 saturated carbocycles. The smallest absolute Gasteiger partial charge is 0.261 e. The van der Waals surface area contributed by atoms with Crippen molar-refractivity contribution in [2.75, 3.05) is 11.8 Å². The number of pyridine rings is 1. The van der Waals surface area contributed by atoms with Crippen molar-refractivity contribution in [3.63, 3.8) is 0 Å². The second-order valence-electron chi connectivity index (χ2n) is 5.51. The van der Waals surface area contributed by atoms with Gasteiger partial charge in [-0.1, -0.05) is 11.6 Å². The fourth-order valence-corrected chi connectivity index (χ4v) is 3.57. The zero-order valence-electron chi connectivity index (χ0n) is 14.6. The summed E-state index contributed by atoms with van der Waals surface area (Å²) in [5, 5.41) is 9.90. The summed E-state index contributed by atoms with van der Waals surface area (Å²) in [4.78, 5) is 3.78. The minimum absolute atomic E-state index is 0.0473. The summed E-state index contributed by atoms with van der Waals surface area (Å²) in [6.07, 6.45) is 2.91. The summed E-state index contributed by atoms with van der Waals surface area (Å²) in [7, 11) is -2.43. The maximum Gasteiger partial charge on any atom is 0.261 e. The molecule has 0 radical (unpaired) electrons. The Hall–Kier alpha value is -3.28. The Balaban J connectivity index is 1.92. The number of anilines is 1. The largest absolute Gasteiger partial charge is 0.493 e. The average molecular weight is 416 g/mol. The molecule has 0 bridgehead atoms. The summed E-state index contributed by atoms with van der Waals surface area (Å²) in [5.41, 5.74) is 0.360. The van der Waals surface area contributed by atoms with Crippen LogP contribution in [0.25, 0.3) is 0 Å². The number of hydrogen-bond donors (Lipinski definition) is 1. The van der Waals surface area contributed by atoms with Gasteiger partial charge in [-0.3, -0.25) is 9.71 Å². The highest BCUT2D eigenvalue weighted by Gasteiger charge is 2.18. The van der Waals surface area contributed by atoms with Gasteiger partial charge in [-0.15, -0.1) is 0 Å². The maximum absolute atomic E-state index is 12.6. The Kier molecular flexibility index (Phi) is 5.68. The van der Waals surface area contributed by atoms with E-state index in [9.17, 15) is 13.7 Å². The standard InChI is InChI=1S/C19H14ClN3O4S/c1-26-19-10-14(20)4-6-18(19)27-17-7-5-16(9-13(17)11-21)28(24,25)23-15-3-2-8-22-12-15/h2-10,12,23H,1H3. The van der Waals surface area contributed by atoms with E-state index in [2.05, 4.69) is 9.71 Å². The third kappa shape index (κ3) is 4.34. The molecule has 142 valence electrons. The topological polar surface area (TPSA) is 101 Å². The van der Waals surface area contributed by atoms with Gasteiger partial charge in [0, 0.05) is 17.3 Å². The first-order valence-corrected chi connectivity index (χ1v) is 9.77. The Bertz CT molecular complexity index is 1150. The van der Waals surface area contributed by atoms with Gasteiger partial charge in [0.15, 0.2) is 11.5 Å². The van der Waals surface area contributed by atoms with Crippen LogP contribution in [0.15, 0.2) is 65.8 Å². The van der Waals surface area contributed by atoms with E-state index in [4.69, 9.17) is 21.1 Å². The summed E-state index contributed by atoms with van der Waals surface area (Å²) < 4.78 is 38.5. The number of methoxy groups -OCH3 is 1. The molecular weight excluding hydrogens is 402 g/mol. The van der Waals surface area contributed by atoms with Crippen molar-refractivity contribution in [3.8, 4) is 23.3 Å². The molecule has 1 aromatic heterocycles. The minimum Gasteiger partial charge on any atom is -0.493 e. The SMILES string of the molecule is COc1cc(Cl)ccc1Oc1ccc(S(=O)(=O)Nc2cccnc2)cc1C#N. The van der Waals surface area contributed by atoms with Crippen LogP contribution >= 0.6 is 11.6 Å². The van der Waals surface area contributed by atoms with Crippen molar-refractivity contribution in [1.82, 2.24) is 4.98 Å². The Morgan fingerprint density at radius 3 is 2.57 bits per heavy atom. The van der Waals surface area contributed by atoms with E-state index in [0.717, 1.165) is 0 Å². The van der Waals surface area contributed by atoms with E-state index in [0.29, 0.717) is 22.2 Å². The molecule has 0 amide bonds. The van der Waals surface area contributed by atoms with Crippen LogP contribution in [0.5, 0.6) is 17.2 Å². The van der Waals surface area contributed by atoms with Gasteiger partial charge < -0.3 is 9.47 Å². The molecule has 1 heterocycles. The predicted octanol–water partition coefficient (Wildman–Crippen LogP) is 4.21. The molecule has 0 spiro atoms. The minimum atomic E-state index is -3.89. The van der Waals surface area contributed by atoms with Crippen molar-refractivity contribution in [2.45, 2.75) is 4.90 Å². The summed E-state index contributed by atoms with van der Waals surface area (Å²) in [6, 6.07) is 13.9. The highest BCUT2D eigenvalue weighted by Crippen LogP contribution is 2.35. The van der Waals surface area contributed by atoms with Crippen LogP contribution in [0.1, 0.15) is 5.56 Å². The average Bonchev–Trinajstić information content (AvgIpc) is 2.69. The fourth-order valence-electron chi connectivity index (χ4n) is 2.33. The first kappa shape index (κ1) is 19.5. The molecule has 0 atom stereocenters. The van der Waals surface area contributed by atoms with Gasteiger partial charge in [-0.05, 0) is 42.5 Å².